The van der Waals surface area contributed by atoms with Crippen LogP contribution in [-0.4, -0.2) is 36.5 Å². The molecule has 1 aromatic rings. The molecule has 1 aliphatic rings. The SMILES string of the molecule is NCCC(=O)NCC1CCCCN1Cc1ccc(Br)cc1F. The minimum atomic E-state index is -0.189. The molecule has 1 atom stereocenters. The van der Waals surface area contributed by atoms with E-state index in [1.165, 1.54) is 6.07 Å². The maximum Gasteiger partial charge on any atom is 0.221 e. The molecule has 0 aliphatic carbocycles. The number of hydrogen-bond acceptors (Lipinski definition) is 3. The second-order valence-corrected chi connectivity index (χ2v) is 6.61. The molecule has 22 heavy (non-hydrogen) atoms. The topological polar surface area (TPSA) is 58.4 Å². The van der Waals surface area contributed by atoms with Crippen LogP contribution in [-0.2, 0) is 11.3 Å². The first-order chi connectivity index (χ1) is 10.6. The summed E-state index contributed by atoms with van der Waals surface area (Å²) in [6.07, 6.45) is 3.65. The lowest BCUT2D eigenvalue weighted by atomic mass is 10.0. The van der Waals surface area contributed by atoms with Gasteiger partial charge in [-0.25, -0.2) is 4.39 Å². The molecule has 0 bridgehead atoms. The number of carbonyl (C=O) groups excluding carboxylic acids is 1. The predicted octanol–water partition coefficient (Wildman–Crippen LogP) is 2.41. The first-order valence-electron chi connectivity index (χ1n) is 7.75. The Bertz CT molecular complexity index is 512. The van der Waals surface area contributed by atoms with E-state index in [-0.39, 0.29) is 17.8 Å². The van der Waals surface area contributed by atoms with E-state index in [1.807, 2.05) is 12.1 Å². The van der Waals surface area contributed by atoms with E-state index in [0.717, 1.165) is 30.3 Å². The summed E-state index contributed by atoms with van der Waals surface area (Å²) < 4.78 is 14.8. The van der Waals surface area contributed by atoms with Gasteiger partial charge in [-0.2, -0.15) is 0 Å². The number of benzene rings is 1. The van der Waals surface area contributed by atoms with Gasteiger partial charge < -0.3 is 11.1 Å². The lowest BCUT2D eigenvalue weighted by molar-refractivity contribution is -0.121. The van der Waals surface area contributed by atoms with Crippen molar-refractivity contribution in [1.29, 1.82) is 0 Å². The van der Waals surface area contributed by atoms with Gasteiger partial charge in [-0.15, -0.1) is 0 Å². The number of hydrogen-bond donors (Lipinski definition) is 2. The highest BCUT2D eigenvalue weighted by Gasteiger charge is 2.23. The standard InChI is InChI=1S/C16H23BrFN3O/c17-13-5-4-12(15(18)9-13)11-21-8-2-1-3-14(21)10-20-16(22)6-7-19/h4-5,9,14H,1-3,6-8,10-11,19H2,(H,20,22). The Hall–Kier alpha value is -0.980. The molecule has 1 fully saturated rings. The molecular formula is C16H23BrFN3O. The van der Waals surface area contributed by atoms with E-state index in [0.29, 0.717) is 31.6 Å². The van der Waals surface area contributed by atoms with Crippen LogP contribution in [0.15, 0.2) is 22.7 Å². The van der Waals surface area contributed by atoms with Gasteiger partial charge >= 0.3 is 0 Å². The molecule has 1 aromatic carbocycles. The lowest BCUT2D eigenvalue weighted by Gasteiger charge is -2.36. The van der Waals surface area contributed by atoms with Crippen molar-refractivity contribution in [2.24, 2.45) is 5.73 Å². The van der Waals surface area contributed by atoms with Crippen LogP contribution >= 0.6 is 15.9 Å². The smallest absolute Gasteiger partial charge is 0.221 e. The summed E-state index contributed by atoms with van der Waals surface area (Å²) >= 11 is 3.28. The quantitative estimate of drug-likeness (QED) is 0.806. The van der Waals surface area contributed by atoms with E-state index < -0.39 is 0 Å². The number of carbonyl (C=O) groups is 1. The molecule has 1 aliphatic heterocycles. The third-order valence-electron chi connectivity index (χ3n) is 4.04. The van der Waals surface area contributed by atoms with Gasteiger partial charge in [0.2, 0.25) is 5.91 Å². The van der Waals surface area contributed by atoms with Gasteiger partial charge in [0.1, 0.15) is 5.82 Å². The van der Waals surface area contributed by atoms with Gasteiger partial charge in [-0.3, -0.25) is 9.69 Å². The van der Waals surface area contributed by atoms with Gasteiger partial charge in [0.25, 0.3) is 0 Å². The lowest BCUT2D eigenvalue weighted by Crippen LogP contribution is -2.46. The van der Waals surface area contributed by atoms with Crippen molar-refractivity contribution in [1.82, 2.24) is 10.2 Å². The molecule has 1 heterocycles. The molecule has 1 unspecified atom stereocenters. The molecule has 1 saturated heterocycles. The predicted molar refractivity (Wildman–Crippen MR) is 88.8 cm³/mol. The molecule has 0 spiro atoms. The highest BCUT2D eigenvalue weighted by Crippen LogP contribution is 2.22. The number of halogens is 2. The Kier molecular flexibility index (Phi) is 6.79. The number of piperidine rings is 1. The van der Waals surface area contributed by atoms with Crippen LogP contribution in [0, 0.1) is 5.82 Å². The first-order valence-corrected chi connectivity index (χ1v) is 8.54. The third-order valence-corrected chi connectivity index (χ3v) is 4.54. The molecule has 2 rings (SSSR count). The van der Waals surface area contributed by atoms with Gasteiger partial charge in [-0.1, -0.05) is 28.4 Å². The van der Waals surface area contributed by atoms with E-state index in [1.54, 1.807) is 0 Å². The maximum atomic E-state index is 14.0. The zero-order valence-corrected chi connectivity index (χ0v) is 14.2. The monoisotopic (exact) mass is 371 g/mol. The average molecular weight is 372 g/mol. The van der Waals surface area contributed by atoms with Crippen LogP contribution in [0.4, 0.5) is 4.39 Å². The van der Waals surface area contributed by atoms with Crippen LogP contribution in [0.2, 0.25) is 0 Å². The summed E-state index contributed by atoms with van der Waals surface area (Å²) in [7, 11) is 0. The number of amides is 1. The fourth-order valence-electron chi connectivity index (χ4n) is 2.82. The minimum Gasteiger partial charge on any atom is -0.354 e. The average Bonchev–Trinajstić information content (AvgIpc) is 2.49. The second kappa shape index (κ2) is 8.60. The third kappa shape index (κ3) is 5.04. The van der Waals surface area contributed by atoms with Crippen molar-refractivity contribution < 1.29 is 9.18 Å². The summed E-state index contributed by atoms with van der Waals surface area (Å²) in [5.41, 5.74) is 6.08. The zero-order valence-electron chi connectivity index (χ0n) is 12.7. The number of nitrogens with one attached hydrogen (secondary N) is 1. The number of nitrogens with two attached hydrogens (primary N) is 1. The Morgan fingerprint density at radius 1 is 1.45 bits per heavy atom. The van der Waals surface area contributed by atoms with Crippen molar-refractivity contribution >= 4 is 21.8 Å². The van der Waals surface area contributed by atoms with E-state index in [4.69, 9.17) is 5.73 Å². The fraction of sp³-hybridized carbons (Fsp3) is 0.562. The first kappa shape index (κ1) is 17.4. The number of rotatable bonds is 6. The Morgan fingerprint density at radius 3 is 3.00 bits per heavy atom. The van der Waals surface area contributed by atoms with E-state index >= 15 is 0 Å². The summed E-state index contributed by atoms with van der Waals surface area (Å²) in [5.74, 6) is -0.200. The van der Waals surface area contributed by atoms with Crippen LogP contribution < -0.4 is 11.1 Å². The van der Waals surface area contributed by atoms with Crippen molar-refractivity contribution in [2.45, 2.75) is 38.3 Å². The van der Waals surface area contributed by atoms with Crippen molar-refractivity contribution in [3.63, 3.8) is 0 Å². The van der Waals surface area contributed by atoms with Gasteiger partial charge in [0, 0.05) is 42.1 Å². The summed E-state index contributed by atoms with van der Waals surface area (Å²) in [6.45, 7) is 2.49. The Morgan fingerprint density at radius 2 is 2.27 bits per heavy atom. The largest absolute Gasteiger partial charge is 0.354 e. The summed E-state index contributed by atoms with van der Waals surface area (Å²) in [5, 5.41) is 2.93. The van der Waals surface area contributed by atoms with E-state index in [2.05, 4.69) is 26.1 Å². The van der Waals surface area contributed by atoms with Crippen molar-refractivity contribution in [3.8, 4) is 0 Å². The molecule has 0 radical (unpaired) electrons. The number of likely N-dealkylation sites (tertiary alicyclic amines) is 1. The van der Waals surface area contributed by atoms with Gasteiger partial charge in [-0.05, 0) is 31.5 Å². The maximum absolute atomic E-state index is 14.0. The van der Waals surface area contributed by atoms with Crippen molar-refractivity contribution in [2.75, 3.05) is 19.6 Å². The second-order valence-electron chi connectivity index (χ2n) is 5.70. The molecular weight excluding hydrogens is 349 g/mol. The summed E-state index contributed by atoms with van der Waals surface area (Å²) in [4.78, 5) is 13.8. The molecule has 6 heteroatoms. The normalized spacial score (nSPS) is 19.1. The molecule has 0 aromatic heterocycles. The van der Waals surface area contributed by atoms with Gasteiger partial charge in [0.15, 0.2) is 0 Å². The summed E-state index contributed by atoms with van der Waals surface area (Å²) in [6, 6.07) is 5.44. The van der Waals surface area contributed by atoms with Crippen LogP contribution in [0.1, 0.15) is 31.2 Å². The highest BCUT2D eigenvalue weighted by molar-refractivity contribution is 9.10. The molecule has 3 N–H and O–H groups in total. The fourth-order valence-corrected chi connectivity index (χ4v) is 3.15. The van der Waals surface area contributed by atoms with Crippen molar-refractivity contribution in [3.05, 3.63) is 34.1 Å². The molecule has 1 amide bonds. The minimum absolute atomic E-state index is 0.0113. The molecule has 122 valence electrons. The van der Waals surface area contributed by atoms with Gasteiger partial charge in [0.05, 0.1) is 0 Å². The zero-order chi connectivity index (χ0) is 15.9. The Labute approximate surface area is 139 Å². The van der Waals surface area contributed by atoms with E-state index in [9.17, 15) is 9.18 Å². The molecule has 4 nitrogen and oxygen atoms in total. The van der Waals surface area contributed by atoms with Crippen LogP contribution in [0.25, 0.3) is 0 Å². The molecule has 0 saturated carbocycles. The Balaban J connectivity index is 1.95. The van der Waals surface area contributed by atoms with Crippen LogP contribution in [0.5, 0.6) is 0 Å². The van der Waals surface area contributed by atoms with Crippen LogP contribution in [0.3, 0.4) is 0 Å². The highest BCUT2D eigenvalue weighted by atomic mass is 79.9. The number of nitrogens with zero attached hydrogens (tertiary/aromatic N) is 1.